The van der Waals surface area contributed by atoms with Crippen molar-refractivity contribution >= 4 is 11.8 Å². The van der Waals surface area contributed by atoms with Gasteiger partial charge in [-0.1, -0.05) is 32.0 Å². The number of aromatic nitrogens is 1. The summed E-state index contributed by atoms with van der Waals surface area (Å²) in [6.45, 7) is 6.66. The number of hydrogen-bond acceptors (Lipinski definition) is 5. The molecule has 0 bridgehead atoms. The number of likely N-dealkylation sites (tertiary alicyclic amines) is 1. The third kappa shape index (κ3) is 4.63. The first-order chi connectivity index (χ1) is 15.4. The van der Waals surface area contributed by atoms with Gasteiger partial charge in [0.2, 0.25) is 11.8 Å². The first-order valence-electron chi connectivity index (χ1n) is 11.4. The van der Waals surface area contributed by atoms with Gasteiger partial charge >= 0.3 is 0 Å². The van der Waals surface area contributed by atoms with Crippen molar-refractivity contribution in [1.82, 2.24) is 20.1 Å². The maximum Gasteiger partial charge on any atom is 0.246 e. The summed E-state index contributed by atoms with van der Waals surface area (Å²) < 4.78 is 0. The van der Waals surface area contributed by atoms with Crippen LogP contribution in [0.1, 0.15) is 44.4 Å². The number of piperidine rings is 1. The average Bonchev–Trinajstić information content (AvgIpc) is 2.78. The minimum atomic E-state index is -0.840. The molecule has 1 aromatic carbocycles. The van der Waals surface area contributed by atoms with Crippen LogP contribution in [-0.4, -0.2) is 56.4 Å². The summed E-state index contributed by atoms with van der Waals surface area (Å²) in [4.78, 5) is 35.5. The SMILES string of the molecule is CC(C)CC1NC(=O)C2(CCN(Cc3ccc(O)cc3)CC2)N(Cc2ccccn2)C1=O. The van der Waals surface area contributed by atoms with E-state index in [1.54, 1.807) is 23.2 Å². The Morgan fingerprint density at radius 3 is 2.44 bits per heavy atom. The van der Waals surface area contributed by atoms with Gasteiger partial charge in [-0.15, -0.1) is 0 Å². The van der Waals surface area contributed by atoms with E-state index < -0.39 is 11.6 Å². The summed E-state index contributed by atoms with van der Waals surface area (Å²) in [5.74, 6) is 0.519. The van der Waals surface area contributed by atoms with Crippen LogP contribution in [0, 0.1) is 5.92 Å². The van der Waals surface area contributed by atoms with Gasteiger partial charge in [0.25, 0.3) is 0 Å². The van der Waals surface area contributed by atoms with Crippen molar-refractivity contribution in [2.75, 3.05) is 13.1 Å². The highest BCUT2D eigenvalue weighted by molar-refractivity contribution is 6.00. The van der Waals surface area contributed by atoms with Crippen molar-refractivity contribution in [1.29, 1.82) is 0 Å². The van der Waals surface area contributed by atoms with Crippen molar-refractivity contribution in [3.63, 3.8) is 0 Å². The van der Waals surface area contributed by atoms with Crippen molar-refractivity contribution in [2.24, 2.45) is 5.92 Å². The van der Waals surface area contributed by atoms with E-state index in [4.69, 9.17) is 0 Å². The first kappa shape index (κ1) is 22.3. The van der Waals surface area contributed by atoms with E-state index in [9.17, 15) is 14.7 Å². The lowest BCUT2D eigenvalue weighted by atomic mass is 9.80. The fourth-order valence-corrected chi connectivity index (χ4v) is 4.83. The molecule has 4 rings (SSSR count). The molecule has 2 aromatic rings. The molecular formula is C25H32N4O3. The summed E-state index contributed by atoms with van der Waals surface area (Å²) in [5.41, 5.74) is 1.07. The average molecular weight is 437 g/mol. The Bertz CT molecular complexity index is 937. The topological polar surface area (TPSA) is 85.8 Å². The normalized spacial score (nSPS) is 21.2. The van der Waals surface area contributed by atoms with Crippen molar-refractivity contribution in [2.45, 2.75) is 57.8 Å². The number of nitrogens with zero attached hydrogens (tertiary/aromatic N) is 3. The highest BCUT2D eigenvalue weighted by Gasteiger charge is 2.53. The number of rotatable bonds is 6. The predicted octanol–water partition coefficient (Wildman–Crippen LogP) is 2.70. The van der Waals surface area contributed by atoms with Crippen LogP contribution in [0.25, 0.3) is 0 Å². The molecule has 2 aliphatic rings. The molecule has 1 aromatic heterocycles. The number of aromatic hydroxyl groups is 1. The van der Waals surface area contributed by atoms with Gasteiger partial charge in [0.05, 0.1) is 12.2 Å². The van der Waals surface area contributed by atoms with E-state index in [-0.39, 0.29) is 17.6 Å². The zero-order valence-electron chi connectivity index (χ0n) is 18.8. The monoisotopic (exact) mass is 436 g/mol. The molecule has 0 radical (unpaired) electrons. The lowest BCUT2D eigenvalue weighted by Gasteiger charge is -2.51. The number of benzene rings is 1. The van der Waals surface area contributed by atoms with Crippen LogP contribution >= 0.6 is 0 Å². The molecule has 1 spiro atoms. The van der Waals surface area contributed by atoms with Gasteiger partial charge in [-0.25, -0.2) is 0 Å². The summed E-state index contributed by atoms with van der Waals surface area (Å²) in [7, 11) is 0. The number of hydrogen-bond donors (Lipinski definition) is 2. The number of nitrogens with one attached hydrogen (secondary N) is 1. The zero-order chi connectivity index (χ0) is 22.7. The van der Waals surface area contributed by atoms with E-state index in [1.165, 1.54) is 0 Å². The molecule has 32 heavy (non-hydrogen) atoms. The van der Waals surface area contributed by atoms with Crippen molar-refractivity contribution in [3.05, 3.63) is 59.9 Å². The van der Waals surface area contributed by atoms with Crippen molar-refractivity contribution < 1.29 is 14.7 Å². The minimum Gasteiger partial charge on any atom is -0.508 e. The second kappa shape index (κ2) is 9.28. The van der Waals surface area contributed by atoms with Crippen LogP contribution < -0.4 is 5.32 Å². The number of piperazine rings is 1. The molecule has 7 nitrogen and oxygen atoms in total. The van der Waals surface area contributed by atoms with E-state index >= 15 is 0 Å². The Morgan fingerprint density at radius 1 is 1.09 bits per heavy atom. The smallest absolute Gasteiger partial charge is 0.246 e. The minimum absolute atomic E-state index is 0.00376. The molecule has 170 valence electrons. The van der Waals surface area contributed by atoms with Gasteiger partial charge < -0.3 is 15.3 Å². The molecule has 2 amide bonds. The summed E-state index contributed by atoms with van der Waals surface area (Å²) in [6, 6.07) is 12.4. The van der Waals surface area contributed by atoms with Crippen LogP contribution in [0.5, 0.6) is 5.75 Å². The lowest BCUT2D eigenvalue weighted by molar-refractivity contribution is -0.162. The molecule has 2 N–H and O–H groups in total. The van der Waals surface area contributed by atoms with Crippen LogP contribution in [0.3, 0.4) is 0 Å². The highest BCUT2D eigenvalue weighted by atomic mass is 16.3. The quantitative estimate of drug-likeness (QED) is 0.727. The molecule has 0 aliphatic carbocycles. The molecule has 0 saturated carbocycles. The Labute approximate surface area is 189 Å². The highest BCUT2D eigenvalue weighted by Crippen LogP contribution is 2.35. The van der Waals surface area contributed by atoms with Gasteiger partial charge in [-0.05, 0) is 55.0 Å². The fourth-order valence-electron chi connectivity index (χ4n) is 4.83. The number of carbonyl (C=O) groups excluding carboxylic acids is 2. The van der Waals surface area contributed by atoms with E-state index in [0.717, 1.165) is 30.9 Å². The molecular weight excluding hydrogens is 404 g/mol. The van der Waals surface area contributed by atoms with Crippen LogP contribution in [-0.2, 0) is 22.7 Å². The Kier molecular flexibility index (Phi) is 6.46. The summed E-state index contributed by atoms with van der Waals surface area (Å²) in [6.07, 6.45) is 3.53. The molecule has 7 heteroatoms. The fraction of sp³-hybridized carbons (Fsp3) is 0.480. The van der Waals surface area contributed by atoms with Gasteiger partial charge in [-0.3, -0.25) is 19.5 Å². The summed E-state index contributed by atoms with van der Waals surface area (Å²) >= 11 is 0. The Hall–Kier alpha value is -2.93. The van der Waals surface area contributed by atoms with Gasteiger partial charge in [0, 0.05) is 25.8 Å². The molecule has 3 heterocycles. The van der Waals surface area contributed by atoms with Gasteiger partial charge in [0.15, 0.2) is 0 Å². The van der Waals surface area contributed by atoms with Crippen LogP contribution in [0.4, 0.5) is 0 Å². The third-order valence-corrected chi connectivity index (χ3v) is 6.59. The standard InChI is InChI=1S/C25H32N4O3/c1-18(2)15-22-23(31)29(17-20-5-3-4-12-26-20)25(24(32)27-22)10-13-28(14-11-25)16-19-6-8-21(30)9-7-19/h3-9,12,18,22,30H,10-11,13-17H2,1-2H3,(H,27,32). The van der Waals surface area contributed by atoms with Crippen LogP contribution in [0.15, 0.2) is 48.7 Å². The van der Waals surface area contributed by atoms with E-state index in [2.05, 4.69) is 29.0 Å². The third-order valence-electron chi connectivity index (χ3n) is 6.59. The summed E-state index contributed by atoms with van der Waals surface area (Å²) in [5, 5.41) is 12.6. The molecule has 2 saturated heterocycles. The largest absolute Gasteiger partial charge is 0.508 e. The molecule has 1 atom stereocenters. The molecule has 2 aliphatic heterocycles. The number of phenols is 1. The second-order valence-electron chi connectivity index (χ2n) is 9.38. The number of phenolic OH excluding ortho intramolecular Hbond substituents is 1. The number of pyridine rings is 1. The Balaban J connectivity index is 1.53. The number of carbonyl (C=O) groups is 2. The van der Waals surface area contributed by atoms with Crippen molar-refractivity contribution in [3.8, 4) is 5.75 Å². The van der Waals surface area contributed by atoms with Crippen LogP contribution in [0.2, 0.25) is 0 Å². The maximum absolute atomic E-state index is 13.5. The Morgan fingerprint density at radius 2 is 1.81 bits per heavy atom. The zero-order valence-corrected chi connectivity index (χ0v) is 18.8. The maximum atomic E-state index is 13.5. The number of amides is 2. The van der Waals surface area contributed by atoms with Gasteiger partial charge in [0.1, 0.15) is 17.3 Å². The molecule has 2 fully saturated rings. The van der Waals surface area contributed by atoms with E-state index in [1.807, 2.05) is 30.3 Å². The first-order valence-corrected chi connectivity index (χ1v) is 11.4. The van der Waals surface area contributed by atoms with Gasteiger partial charge in [-0.2, -0.15) is 0 Å². The second-order valence-corrected chi connectivity index (χ2v) is 9.38. The predicted molar refractivity (Wildman–Crippen MR) is 122 cm³/mol. The van der Waals surface area contributed by atoms with E-state index in [0.29, 0.717) is 31.7 Å². The molecule has 1 unspecified atom stereocenters. The lowest BCUT2D eigenvalue weighted by Crippen LogP contribution is -2.72.